The highest BCUT2D eigenvalue weighted by Crippen LogP contribution is 2.42. The van der Waals surface area contributed by atoms with E-state index < -0.39 is 62.3 Å². The lowest BCUT2D eigenvalue weighted by Gasteiger charge is -2.23. The van der Waals surface area contributed by atoms with Crippen molar-refractivity contribution in [2.45, 2.75) is 176 Å². The van der Waals surface area contributed by atoms with Crippen LogP contribution in [0.4, 0.5) is 46.3 Å². The smallest absolute Gasteiger partial charge is 0.414 e. The monoisotopic (exact) mass is 2000 g/mol. The molecule has 11 aromatic rings. The van der Waals surface area contributed by atoms with Crippen molar-refractivity contribution < 1.29 is 117 Å². The number of anilines is 4. The van der Waals surface area contributed by atoms with Crippen molar-refractivity contribution in [1.29, 1.82) is 0 Å². The van der Waals surface area contributed by atoms with Crippen molar-refractivity contribution in [3.8, 4) is 34.0 Å². The van der Waals surface area contributed by atoms with Crippen molar-refractivity contribution in [3.05, 3.63) is 123 Å². The van der Waals surface area contributed by atoms with Crippen LogP contribution in [-0.2, 0) is 63.9 Å². The number of esters is 4. The van der Waals surface area contributed by atoms with Crippen LogP contribution in [-0.4, -0.2) is 242 Å². The minimum Gasteiger partial charge on any atom is -0.460 e. The van der Waals surface area contributed by atoms with Crippen molar-refractivity contribution in [1.82, 2.24) is 55.3 Å². The predicted molar refractivity (Wildman–Crippen MR) is 497 cm³/mol. The predicted octanol–water partition coefficient (Wildman–Crippen LogP) is 17.7. The highest BCUT2D eigenvalue weighted by Gasteiger charge is 2.38. The number of pyridine rings is 5. The summed E-state index contributed by atoms with van der Waals surface area (Å²) in [6.07, 6.45) is 18.9. The van der Waals surface area contributed by atoms with E-state index in [-0.39, 0.29) is 148 Å². The first kappa shape index (κ1) is 102. The molecule has 4 amide bonds. The standard InChI is InChI=1S/C24H32N2O6Si.C22H27N5O6.C21H25N5O6.C19H23BrN2O6.C5H3BrFN/c1-6-29-23(27)21-20(26(24(28)30-7-2)12-10-18-9-8-13-31-18)19-15-17(11-14-33(3,4)5)16-25-22(19)32-21;1-4-30-21(28)19-18(27(22(29)31-5-2)9-8-15-7-6-10-32-15)16-11-14(12-23-20(16)33-19)17-13-24-26(3)25-17;1-3-29-20(27)18-17(26(21(28)30-4-2)8-7-14-6-5-9-31-14)15-10-13(11-22-19(15)32-18)16-12-23-25-24-16;1-3-25-18(23)16-15(14-10-12(20)11-21-17(14)28-16)22(19(24)26-4-2)8-7-13-6-5-9-27-13;6-4-1-2-5(7)8-3-4/h15-16,18H,6-10,12-13H2,1-5H3;11-13,15H,4-10H2,1-3H3;10-12,14H,3-9H2,1-2H3,(H,23,24,25);10-11,13H,3-9H2,1-2H3;1-3H. The van der Waals surface area contributed by atoms with Gasteiger partial charge in [-0.05, 0) is 201 Å². The second kappa shape index (κ2) is 50.1. The van der Waals surface area contributed by atoms with Gasteiger partial charge < -0.3 is 74.5 Å². The number of furan rings is 4. The van der Waals surface area contributed by atoms with Crippen LogP contribution in [0.1, 0.15) is 180 Å². The van der Waals surface area contributed by atoms with Crippen LogP contribution in [0, 0.1) is 17.4 Å². The summed E-state index contributed by atoms with van der Waals surface area (Å²) in [4.78, 5) is 130. The summed E-state index contributed by atoms with van der Waals surface area (Å²) >= 11 is 6.49. The molecule has 15 heterocycles. The van der Waals surface area contributed by atoms with Gasteiger partial charge in [-0.2, -0.15) is 34.8 Å². The molecule has 4 fully saturated rings. The van der Waals surface area contributed by atoms with Gasteiger partial charge in [-0.1, -0.05) is 25.6 Å². The first-order chi connectivity index (χ1) is 64.7. The molecule has 0 aromatic carbocycles. The zero-order chi connectivity index (χ0) is 96.0. The quantitative estimate of drug-likeness (QED) is 0.0144. The lowest BCUT2D eigenvalue weighted by molar-refractivity contribution is 0.0484. The summed E-state index contributed by atoms with van der Waals surface area (Å²) in [5.74, 6) is -0.306. The van der Waals surface area contributed by atoms with E-state index in [1.807, 2.05) is 0 Å². The van der Waals surface area contributed by atoms with E-state index in [1.54, 1.807) is 130 Å². The third-order valence-corrected chi connectivity index (χ3v) is 22.4. The molecule has 4 aliphatic rings. The largest absolute Gasteiger partial charge is 0.460 e. The molecule has 15 rings (SSSR count). The number of aromatic nitrogens is 11. The van der Waals surface area contributed by atoms with Gasteiger partial charge in [0, 0.05) is 116 Å². The van der Waals surface area contributed by atoms with Gasteiger partial charge in [0.25, 0.3) is 0 Å². The van der Waals surface area contributed by atoms with Gasteiger partial charge in [0.1, 0.15) is 42.2 Å². The van der Waals surface area contributed by atoms with E-state index in [2.05, 4.69) is 113 Å². The molecule has 39 nitrogen and oxygen atoms in total. The average Bonchev–Trinajstić information content (AvgIpc) is 1.69. The molecule has 4 unspecified atom stereocenters. The van der Waals surface area contributed by atoms with Gasteiger partial charge in [-0.15, -0.1) is 5.54 Å². The zero-order valence-corrected chi connectivity index (χ0v) is 81.0. The summed E-state index contributed by atoms with van der Waals surface area (Å²) < 4.78 is 101. The lowest BCUT2D eigenvalue weighted by Crippen LogP contribution is -2.35. The normalized spacial score (nSPS) is 15.5. The molecule has 0 bridgehead atoms. The number of carbonyl (C=O) groups excluding carboxylic acids is 8. The highest BCUT2D eigenvalue weighted by molar-refractivity contribution is 9.10. The number of nitrogens with one attached hydrogen (secondary N) is 1. The van der Waals surface area contributed by atoms with Crippen LogP contribution in [0.2, 0.25) is 19.6 Å². The Hall–Kier alpha value is -12.3. The number of rotatable bonds is 30. The highest BCUT2D eigenvalue weighted by atomic mass is 79.9. The molecule has 134 heavy (non-hydrogen) atoms. The number of aromatic amines is 1. The van der Waals surface area contributed by atoms with Gasteiger partial charge in [-0.25, -0.2) is 63.3 Å². The Labute approximate surface area is 789 Å². The summed E-state index contributed by atoms with van der Waals surface area (Å²) in [6.45, 7) is 25.7. The molecule has 43 heteroatoms. The van der Waals surface area contributed by atoms with E-state index in [4.69, 9.17) is 74.5 Å². The third-order valence-electron chi connectivity index (χ3n) is 20.6. The van der Waals surface area contributed by atoms with E-state index in [0.717, 1.165) is 69.1 Å². The maximum Gasteiger partial charge on any atom is 0.414 e. The number of H-pyrrole nitrogens is 1. The van der Waals surface area contributed by atoms with Crippen molar-refractivity contribution in [2.24, 2.45) is 7.05 Å². The van der Waals surface area contributed by atoms with Gasteiger partial charge in [-0.3, -0.25) is 19.6 Å². The number of hydrogen-bond acceptors (Lipinski definition) is 33. The number of hydrogen-bond donors (Lipinski definition) is 1. The molecular weight excluding hydrogens is 1890 g/mol. The number of aryl methyl sites for hydroxylation is 1. The number of halogens is 3. The Balaban J connectivity index is 0.000000167. The molecule has 4 aliphatic heterocycles. The number of ether oxygens (including phenoxy) is 12. The van der Waals surface area contributed by atoms with Crippen molar-refractivity contribution in [2.75, 3.05) is 125 Å². The van der Waals surface area contributed by atoms with Gasteiger partial charge in [0.15, 0.2) is 0 Å². The van der Waals surface area contributed by atoms with Crippen molar-refractivity contribution in [3.63, 3.8) is 0 Å². The minimum absolute atomic E-state index is 0.0411. The van der Waals surface area contributed by atoms with Crippen LogP contribution in [0.3, 0.4) is 0 Å². The minimum atomic E-state index is -1.61. The van der Waals surface area contributed by atoms with Crippen LogP contribution < -0.4 is 19.6 Å². The number of nitrogens with zero attached hydrogens (tertiary/aromatic N) is 14. The van der Waals surface area contributed by atoms with Crippen LogP contribution >= 0.6 is 31.9 Å². The summed E-state index contributed by atoms with van der Waals surface area (Å²) in [7, 11) is 0.106. The SMILES string of the molecule is CCOC(=O)c1oc2ncc(-c3cn[nH]n3)cc2c1N(CCC1CCCO1)C(=O)OCC.CCOC(=O)c1oc2ncc(-c3cnn(C)n3)cc2c1N(CCC1CCCO1)C(=O)OCC.CCOC(=O)c1oc2ncc(Br)cc2c1N(CCC1CCCO1)C(=O)OCC.CCOC(=O)c1oc2ncc(C#C[Si](C)(C)C)cc2c1N(CCC1CCCO1)C(=O)OCC.Fc1ccc(Br)cn1. The molecule has 0 radical (unpaired) electrons. The molecule has 718 valence electrons. The molecule has 11 aromatic heterocycles. The second-order valence-electron chi connectivity index (χ2n) is 31.2. The summed E-state index contributed by atoms with van der Waals surface area (Å²) in [5, 5.41) is 20.8. The maximum absolute atomic E-state index is 13.0. The van der Waals surface area contributed by atoms with Crippen LogP contribution in [0.5, 0.6) is 0 Å². The maximum atomic E-state index is 13.0. The Bertz CT molecular complexity index is 5830. The fourth-order valence-corrected chi connectivity index (χ4v) is 15.7. The molecule has 4 saturated heterocycles. The summed E-state index contributed by atoms with van der Waals surface area (Å²) in [5.41, 5.74) is 8.46. The molecule has 0 aliphatic carbocycles. The Morgan fingerprint density at radius 2 is 0.784 bits per heavy atom. The topological polar surface area (TPSA) is 450 Å². The lowest BCUT2D eigenvalue weighted by atomic mass is 10.1. The second-order valence-corrected chi connectivity index (χ2v) is 37.8. The first-order valence-corrected chi connectivity index (χ1v) is 49.6. The first-order valence-electron chi connectivity index (χ1n) is 44.5. The molecule has 0 spiro atoms. The Morgan fingerprint density at radius 3 is 1.09 bits per heavy atom. The summed E-state index contributed by atoms with van der Waals surface area (Å²) in [6, 6.07) is 9.97. The Kier molecular flexibility index (Phi) is 38.2. The number of carbonyl (C=O) groups is 8. The van der Waals surface area contributed by atoms with Gasteiger partial charge >= 0.3 is 48.3 Å². The fourth-order valence-electron chi connectivity index (χ4n) is 14.6. The van der Waals surface area contributed by atoms with E-state index >= 15 is 0 Å². The molecule has 0 saturated carbocycles. The molecule has 1 N–H and O–H groups in total. The zero-order valence-electron chi connectivity index (χ0n) is 76.8. The average molecular weight is 2000 g/mol. The van der Waals surface area contributed by atoms with E-state index in [9.17, 15) is 42.7 Å². The van der Waals surface area contributed by atoms with Crippen molar-refractivity contribution >= 4 is 155 Å². The molecular formula is C91H110Br2FN15O24Si. The van der Waals surface area contributed by atoms with Gasteiger partial charge in [0.2, 0.25) is 51.8 Å². The third kappa shape index (κ3) is 27.5. The van der Waals surface area contributed by atoms with E-state index in [0.29, 0.717) is 117 Å². The van der Waals surface area contributed by atoms with Crippen LogP contribution in [0.25, 0.3) is 66.9 Å². The number of amides is 4. The van der Waals surface area contributed by atoms with Crippen LogP contribution in [0.15, 0.2) is 106 Å². The fraction of sp³-hybridized carbons (Fsp3) is 0.484. The Morgan fingerprint density at radius 1 is 0.440 bits per heavy atom. The van der Waals surface area contributed by atoms with Gasteiger partial charge in [0.05, 0.1) is 111 Å². The number of fused-ring (bicyclic) bond motifs is 4. The molecule has 4 atom stereocenters. The van der Waals surface area contributed by atoms with E-state index in [1.165, 1.54) is 36.7 Å².